The van der Waals surface area contributed by atoms with Gasteiger partial charge in [-0.2, -0.15) is 15.3 Å². The van der Waals surface area contributed by atoms with E-state index in [-0.39, 0.29) is 28.8 Å². The molecule has 1 aliphatic rings. The van der Waals surface area contributed by atoms with E-state index in [1.807, 2.05) is 13.8 Å². The van der Waals surface area contributed by atoms with Gasteiger partial charge in [0.2, 0.25) is 5.95 Å². The number of aryl methyl sites for hydroxylation is 1. The Hall–Kier alpha value is -2.76. The van der Waals surface area contributed by atoms with Crippen LogP contribution in [0.15, 0.2) is 12.4 Å². The van der Waals surface area contributed by atoms with Gasteiger partial charge in [-0.05, 0) is 20.3 Å². The third-order valence-corrected chi connectivity index (χ3v) is 4.43. The molecule has 9 heteroatoms. The lowest BCUT2D eigenvalue weighted by Crippen LogP contribution is -2.13. The number of halogens is 2. The number of anilines is 3. The molecule has 2 atom stereocenters. The molecule has 1 fully saturated rings. The summed E-state index contributed by atoms with van der Waals surface area (Å²) in [6, 6.07) is 2.34. The molecule has 0 amide bonds. The van der Waals surface area contributed by atoms with Gasteiger partial charge in [0, 0.05) is 26.4 Å². The van der Waals surface area contributed by atoms with E-state index in [2.05, 4.69) is 31.8 Å². The first-order valence-electron chi connectivity index (χ1n) is 7.85. The van der Waals surface area contributed by atoms with E-state index in [0.29, 0.717) is 11.4 Å². The summed E-state index contributed by atoms with van der Waals surface area (Å²) in [5, 5.41) is 19.3. The second kappa shape index (κ2) is 5.65. The smallest absolute Gasteiger partial charge is 0.275 e. The minimum atomic E-state index is -3.04. The van der Waals surface area contributed by atoms with E-state index in [4.69, 9.17) is 5.26 Å². The Morgan fingerprint density at radius 1 is 1.48 bits per heavy atom. The van der Waals surface area contributed by atoms with Crippen LogP contribution in [-0.4, -0.2) is 26.8 Å². The fraction of sp³-hybridized carbons (Fsp3) is 0.500. The molecule has 0 radical (unpaired) electrons. The molecule has 25 heavy (non-hydrogen) atoms. The maximum Gasteiger partial charge on any atom is 0.275 e. The lowest BCUT2D eigenvalue weighted by atomic mass is 10.2. The number of aromatic nitrogens is 4. The average Bonchev–Trinajstić information content (AvgIpc) is 3.12. The number of nitrogens with one attached hydrogen (secondary N) is 2. The molecule has 0 saturated heterocycles. The van der Waals surface area contributed by atoms with E-state index in [1.165, 1.54) is 7.05 Å². The normalized spacial score (nSPS) is 22.4. The molecule has 0 aromatic carbocycles. The van der Waals surface area contributed by atoms with E-state index in [9.17, 15) is 8.78 Å². The second-order valence-electron chi connectivity index (χ2n) is 6.58. The average molecular weight is 347 g/mol. The van der Waals surface area contributed by atoms with Crippen LogP contribution in [0.1, 0.15) is 37.6 Å². The Bertz CT molecular complexity index is 849. The minimum absolute atomic E-state index is 0.0432. The predicted octanol–water partition coefficient (Wildman–Crippen LogP) is 3.35. The standard InChI is InChI=1S/C16H19F2N7/c1-9-11(7-25(24-9)12-5-15(12,2)8-19)22-14-21-6-10(16(3,17)18)13(20-4)23-14/h6-7,12H,5H2,1-4H3,(H2,20,21,22,23)/t12?,15-/m0/s1. The van der Waals surface area contributed by atoms with Gasteiger partial charge < -0.3 is 10.6 Å². The predicted molar refractivity (Wildman–Crippen MR) is 88.8 cm³/mol. The van der Waals surface area contributed by atoms with Gasteiger partial charge in [-0.1, -0.05) is 0 Å². The van der Waals surface area contributed by atoms with Crippen molar-refractivity contribution in [1.29, 1.82) is 5.26 Å². The summed E-state index contributed by atoms with van der Waals surface area (Å²) in [5.74, 6) is -2.78. The highest BCUT2D eigenvalue weighted by Gasteiger charge is 2.53. The van der Waals surface area contributed by atoms with Crippen molar-refractivity contribution in [2.24, 2.45) is 5.41 Å². The summed E-state index contributed by atoms with van der Waals surface area (Å²) in [7, 11) is 1.53. The molecule has 2 heterocycles. The van der Waals surface area contributed by atoms with Crippen LogP contribution in [0.5, 0.6) is 0 Å². The largest absolute Gasteiger partial charge is 0.373 e. The number of rotatable bonds is 5. The molecule has 0 aliphatic heterocycles. The van der Waals surface area contributed by atoms with Gasteiger partial charge in [-0.25, -0.2) is 13.8 Å². The van der Waals surface area contributed by atoms with Crippen molar-refractivity contribution in [3.63, 3.8) is 0 Å². The molecule has 1 unspecified atom stereocenters. The van der Waals surface area contributed by atoms with E-state index < -0.39 is 5.92 Å². The van der Waals surface area contributed by atoms with E-state index in [0.717, 1.165) is 19.5 Å². The summed E-state index contributed by atoms with van der Waals surface area (Å²) in [5.41, 5.74) is 0.729. The molecule has 2 aromatic rings. The van der Waals surface area contributed by atoms with Crippen LogP contribution >= 0.6 is 0 Å². The van der Waals surface area contributed by atoms with Crippen molar-refractivity contribution in [2.45, 2.75) is 39.2 Å². The minimum Gasteiger partial charge on any atom is -0.373 e. The molecule has 132 valence electrons. The Balaban J connectivity index is 1.84. The summed E-state index contributed by atoms with van der Waals surface area (Å²) in [4.78, 5) is 8.08. The van der Waals surface area contributed by atoms with Crippen molar-refractivity contribution in [3.05, 3.63) is 23.7 Å². The summed E-state index contributed by atoms with van der Waals surface area (Å²) < 4.78 is 28.9. The molecule has 7 nitrogen and oxygen atoms in total. The zero-order valence-corrected chi connectivity index (χ0v) is 14.4. The van der Waals surface area contributed by atoms with Crippen LogP contribution in [0, 0.1) is 23.7 Å². The second-order valence-corrected chi connectivity index (χ2v) is 6.58. The highest BCUT2D eigenvalue weighted by atomic mass is 19.3. The topological polar surface area (TPSA) is 91.5 Å². The molecule has 0 bridgehead atoms. The lowest BCUT2D eigenvalue weighted by Gasteiger charge is -2.15. The zero-order valence-electron chi connectivity index (χ0n) is 14.4. The molecular formula is C16H19F2N7. The van der Waals surface area contributed by atoms with Crippen molar-refractivity contribution >= 4 is 17.5 Å². The van der Waals surface area contributed by atoms with Crippen molar-refractivity contribution in [2.75, 3.05) is 17.7 Å². The molecule has 2 aromatic heterocycles. The van der Waals surface area contributed by atoms with Gasteiger partial charge in [0.15, 0.2) is 0 Å². The third kappa shape index (κ3) is 3.12. The Kier molecular flexibility index (Phi) is 3.86. The zero-order chi connectivity index (χ0) is 18.4. The fourth-order valence-corrected chi connectivity index (χ4v) is 2.69. The van der Waals surface area contributed by atoms with Gasteiger partial charge in [0.1, 0.15) is 5.82 Å². The van der Waals surface area contributed by atoms with Gasteiger partial charge in [-0.15, -0.1) is 0 Å². The highest BCUT2D eigenvalue weighted by Crippen LogP contribution is 2.55. The number of hydrogen-bond donors (Lipinski definition) is 2. The summed E-state index contributed by atoms with van der Waals surface area (Å²) in [6.45, 7) is 4.52. The summed E-state index contributed by atoms with van der Waals surface area (Å²) >= 11 is 0. The monoisotopic (exact) mass is 347 g/mol. The van der Waals surface area contributed by atoms with Gasteiger partial charge in [0.25, 0.3) is 5.92 Å². The van der Waals surface area contributed by atoms with Crippen molar-refractivity contribution in [1.82, 2.24) is 19.7 Å². The molecule has 1 aliphatic carbocycles. The maximum atomic E-state index is 13.6. The fourth-order valence-electron chi connectivity index (χ4n) is 2.69. The van der Waals surface area contributed by atoms with Crippen molar-refractivity contribution in [3.8, 4) is 6.07 Å². The quantitative estimate of drug-likeness (QED) is 0.862. The molecule has 2 N–H and O–H groups in total. The van der Waals surface area contributed by atoms with Crippen molar-refractivity contribution < 1.29 is 8.78 Å². The molecule has 1 saturated carbocycles. The maximum absolute atomic E-state index is 13.6. The number of alkyl halides is 2. The molecule has 0 spiro atoms. The first-order chi connectivity index (χ1) is 11.7. The van der Waals surface area contributed by atoms with E-state index in [1.54, 1.807) is 10.9 Å². The third-order valence-electron chi connectivity index (χ3n) is 4.43. The van der Waals surface area contributed by atoms with E-state index >= 15 is 0 Å². The molecule has 3 rings (SSSR count). The van der Waals surface area contributed by atoms with Crippen LogP contribution in [0.25, 0.3) is 0 Å². The van der Waals surface area contributed by atoms with Crippen LogP contribution in [0.4, 0.5) is 26.2 Å². The summed E-state index contributed by atoms with van der Waals surface area (Å²) in [6.07, 6.45) is 3.65. The number of nitriles is 1. The highest BCUT2D eigenvalue weighted by molar-refractivity contribution is 5.58. The van der Waals surface area contributed by atoms with Crippen LogP contribution in [-0.2, 0) is 5.92 Å². The first-order valence-corrected chi connectivity index (χ1v) is 7.85. The Morgan fingerprint density at radius 3 is 2.76 bits per heavy atom. The Morgan fingerprint density at radius 2 is 2.20 bits per heavy atom. The number of hydrogen-bond acceptors (Lipinski definition) is 6. The van der Waals surface area contributed by atoms with Gasteiger partial charge >= 0.3 is 0 Å². The van der Waals surface area contributed by atoms with Gasteiger partial charge in [0.05, 0.1) is 34.5 Å². The van der Waals surface area contributed by atoms with Crippen LogP contribution in [0.2, 0.25) is 0 Å². The van der Waals surface area contributed by atoms with Gasteiger partial charge in [-0.3, -0.25) is 4.68 Å². The van der Waals surface area contributed by atoms with Crippen LogP contribution in [0.3, 0.4) is 0 Å². The van der Waals surface area contributed by atoms with Crippen LogP contribution < -0.4 is 10.6 Å². The lowest BCUT2D eigenvalue weighted by molar-refractivity contribution is 0.0176. The number of nitrogens with zero attached hydrogens (tertiary/aromatic N) is 5. The first kappa shape index (κ1) is 17.1. The molecular weight excluding hydrogens is 328 g/mol. The Labute approximate surface area is 144 Å². The SMILES string of the molecule is CNc1nc(Nc2cn(C3C[C@@]3(C)C#N)nc2C)ncc1C(C)(F)F.